The number of aliphatic hydroxyl groups is 1. The van der Waals surface area contributed by atoms with Gasteiger partial charge in [-0.2, -0.15) is 0 Å². The standard InChI is InChI=1S/C20H26N2O3/c1-3-25-19-11-7-10-17(13-19)15(2)22-20(24)21-14-18(23)12-16-8-5-4-6-9-16/h4-11,13,15,18,23H,3,12,14H2,1-2H3,(H2,21,22,24). The molecule has 2 amide bonds. The van der Waals surface area contributed by atoms with Gasteiger partial charge in [0.15, 0.2) is 0 Å². The number of carbonyl (C=O) groups is 1. The van der Waals surface area contributed by atoms with Gasteiger partial charge in [-0.25, -0.2) is 4.79 Å². The molecule has 25 heavy (non-hydrogen) atoms. The number of ether oxygens (including phenoxy) is 1. The summed E-state index contributed by atoms with van der Waals surface area (Å²) >= 11 is 0. The molecule has 0 fully saturated rings. The fraction of sp³-hybridized carbons (Fsp3) is 0.350. The van der Waals surface area contributed by atoms with E-state index in [0.29, 0.717) is 13.0 Å². The molecular weight excluding hydrogens is 316 g/mol. The van der Waals surface area contributed by atoms with Crippen molar-refractivity contribution in [3.05, 3.63) is 65.7 Å². The molecule has 0 aliphatic heterocycles. The van der Waals surface area contributed by atoms with Gasteiger partial charge in [-0.1, -0.05) is 42.5 Å². The fourth-order valence-corrected chi connectivity index (χ4v) is 2.54. The zero-order valence-corrected chi connectivity index (χ0v) is 14.7. The molecule has 5 nitrogen and oxygen atoms in total. The third-order valence-corrected chi connectivity index (χ3v) is 3.83. The molecule has 2 unspecified atom stereocenters. The molecule has 0 aromatic heterocycles. The Balaban J connectivity index is 1.78. The SMILES string of the molecule is CCOc1cccc(C(C)NC(=O)NCC(O)Cc2ccccc2)c1. The Bertz CT molecular complexity index is 661. The molecule has 0 aliphatic rings. The molecule has 2 aromatic carbocycles. The maximum atomic E-state index is 12.0. The van der Waals surface area contributed by atoms with Crippen LogP contribution in [0.2, 0.25) is 0 Å². The Kier molecular flexibility index (Phi) is 7.29. The lowest BCUT2D eigenvalue weighted by Crippen LogP contribution is -2.41. The van der Waals surface area contributed by atoms with Gasteiger partial charge in [0.05, 0.1) is 18.8 Å². The van der Waals surface area contributed by atoms with Crippen LogP contribution in [-0.4, -0.2) is 30.4 Å². The van der Waals surface area contributed by atoms with E-state index in [0.717, 1.165) is 16.9 Å². The van der Waals surface area contributed by atoms with Crippen molar-refractivity contribution in [2.45, 2.75) is 32.4 Å². The van der Waals surface area contributed by atoms with Gasteiger partial charge in [0.2, 0.25) is 0 Å². The van der Waals surface area contributed by atoms with E-state index in [1.54, 1.807) is 0 Å². The highest BCUT2D eigenvalue weighted by atomic mass is 16.5. The predicted octanol–water partition coefficient (Wildman–Crippen LogP) is 3.05. The molecule has 2 rings (SSSR count). The van der Waals surface area contributed by atoms with Crippen molar-refractivity contribution < 1.29 is 14.6 Å². The molecule has 3 N–H and O–H groups in total. The number of hydrogen-bond donors (Lipinski definition) is 3. The van der Waals surface area contributed by atoms with Crippen LogP contribution < -0.4 is 15.4 Å². The van der Waals surface area contributed by atoms with Crippen LogP contribution in [-0.2, 0) is 6.42 Å². The Hall–Kier alpha value is -2.53. The highest BCUT2D eigenvalue weighted by Gasteiger charge is 2.12. The lowest BCUT2D eigenvalue weighted by atomic mass is 10.1. The Labute approximate surface area is 149 Å². The van der Waals surface area contributed by atoms with Crippen LogP contribution in [0.5, 0.6) is 5.75 Å². The number of amides is 2. The van der Waals surface area contributed by atoms with Gasteiger partial charge in [0, 0.05) is 13.0 Å². The quantitative estimate of drug-likeness (QED) is 0.690. The first kappa shape index (κ1) is 18.8. The number of urea groups is 1. The van der Waals surface area contributed by atoms with E-state index in [2.05, 4.69) is 10.6 Å². The van der Waals surface area contributed by atoms with Gasteiger partial charge in [-0.15, -0.1) is 0 Å². The third-order valence-electron chi connectivity index (χ3n) is 3.83. The van der Waals surface area contributed by atoms with Crippen molar-refractivity contribution in [1.29, 1.82) is 0 Å². The molecule has 5 heteroatoms. The number of carbonyl (C=O) groups excluding carboxylic acids is 1. The summed E-state index contributed by atoms with van der Waals surface area (Å²) in [6.07, 6.45) is -0.114. The molecule has 0 spiro atoms. The molecule has 0 bridgehead atoms. The summed E-state index contributed by atoms with van der Waals surface area (Å²) in [5, 5.41) is 15.6. The van der Waals surface area contributed by atoms with Crippen LogP contribution >= 0.6 is 0 Å². The first-order valence-corrected chi connectivity index (χ1v) is 8.57. The maximum absolute atomic E-state index is 12.0. The van der Waals surface area contributed by atoms with Crippen LogP contribution in [0.15, 0.2) is 54.6 Å². The number of aliphatic hydroxyl groups excluding tert-OH is 1. The zero-order chi connectivity index (χ0) is 18.1. The fourth-order valence-electron chi connectivity index (χ4n) is 2.54. The molecule has 2 aromatic rings. The van der Waals surface area contributed by atoms with Crippen LogP contribution in [0.3, 0.4) is 0 Å². The second kappa shape index (κ2) is 9.69. The smallest absolute Gasteiger partial charge is 0.315 e. The zero-order valence-electron chi connectivity index (χ0n) is 14.7. The molecule has 0 heterocycles. The first-order chi connectivity index (χ1) is 12.1. The Morgan fingerprint density at radius 3 is 2.64 bits per heavy atom. The average Bonchev–Trinajstić information content (AvgIpc) is 2.61. The Morgan fingerprint density at radius 1 is 1.16 bits per heavy atom. The molecular formula is C20H26N2O3. The number of hydrogen-bond acceptors (Lipinski definition) is 3. The molecule has 134 valence electrons. The monoisotopic (exact) mass is 342 g/mol. The van der Waals surface area contributed by atoms with E-state index < -0.39 is 6.10 Å². The van der Waals surface area contributed by atoms with Crippen molar-refractivity contribution in [2.24, 2.45) is 0 Å². The largest absolute Gasteiger partial charge is 0.494 e. The summed E-state index contributed by atoms with van der Waals surface area (Å²) in [6.45, 7) is 4.64. The van der Waals surface area contributed by atoms with Crippen LogP contribution in [0.25, 0.3) is 0 Å². The molecule has 0 saturated heterocycles. The second-order valence-electron chi connectivity index (χ2n) is 5.93. The number of nitrogens with one attached hydrogen (secondary N) is 2. The van der Waals surface area contributed by atoms with E-state index in [4.69, 9.17) is 4.74 Å². The second-order valence-corrected chi connectivity index (χ2v) is 5.93. The minimum atomic E-state index is -0.621. The van der Waals surface area contributed by atoms with Gasteiger partial charge in [0.25, 0.3) is 0 Å². The Morgan fingerprint density at radius 2 is 1.92 bits per heavy atom. The lowest BCUT2D eigenvalue weighted by molar-refractivity contribution is 0.170. The summed E-state index contributed by atoms with van der Waals surface area (Å²) in [7, 11) is 0. The van der Waals surface area contributed by atoms with Crippen molar-refractivity contribution in [2.75, 3.05) is 13.2 Å². The van der Waals surface area contributed by atoms with Crippen LogP contribution in [0.1, 0.15) is 31.0 Å². The van der Waals surface area contributed by atoms with E-state index in [1.807, 2.05) is 68.4 Å². The van der Waals surface area contributed by atoms with Gasteiger partial charge in [-0.05, 0) is 37.1 Å². The molecule has 0 saturated carbocycles. The minimum absolute atomic E-state index is 0.160. The number of benzene rings is 2. The number of rotatable bonds is 8. The summed E-state index contributed by atoms with van der Waals surface area (Å²) in [5.74, 6) is 0.785. The normalized spacial score (nSPS) is 12.9. The molecule has 2 atom stereocenters. The summed E-state index contributed by atoms with van der Waals surface area (Å²) in [5.41, 5.74) is 2.00. The summed E-state index contributed by atoms with van der Waals surface area (Å²) in [4.78, 5) is 12.0. The van der Waals surface area contributed by atoms with Crippen molar-refractivity contribution >= 4 is 6.03 Å². The van der Waals surface area contributed by atoms with E-state index in [1.165, 1.54) is 0 Å². The average molecular weight is 342 g/mol. The van der Waals surface area contributed by atoms with Gasteiger partial charge >= 0.3 is 6.03 Å². The van der Waals surface area contributed by atoms with E-state index >= 15 is 0 Å². The lowest BCUT2D eigenvalue weighted by Gasteiger charge is -2.17. The highest BCUT2D eigenvalue weighted by Crippen LogP contribution is 2.19. The van der Waals surface area contributed by atoms with Gasteiger partial charge in [-0.3, -0.25) is 0 Å². The van der Waals surface area contributed by atoms with Crippen LogP contribution in [0.4, 0.5) is 4.79 Å². The molecule has 0 aliphatic carbocycles. The van der Waals surface area contributed by atoms with E-state index in [-0.39, 0.29) is 18.6 Å². The predicted molar refractivity (Wildman–Crippen MR) is 98.7 cm³/mol. The van der Waals surface area contributed by atoms with Crippen molar-refractivity contribution in [1.82, 2.24) is 10.6 Å². The summed E-state index contributed by atoms with van der Waals surface area (Å²) < 4.78 is 5.48. The van der Waals surface area contributed by atoms with E-state index in [9.17, 15) is 9.90 Å². The van der Waals surface area contributed by atoms with Crippen molar-refractivity contribution in [3.8, 4) is 5.75 Å². The third kappa shape index (κ3) is 6.47. The topological polar surface area (TPSA) is 70.6 Å². The first-order valence-electron chi connectivity index (χ1n) is 8.57. The molecule has 0 radical (unpaired) electrons. The van der Waals surface area contributed by atoms with Crippen LogP contribution in [0, 0.1) is 0 Å². The summed E-state index contributed by atoms with van der Waals surface area (Å²) in [6, 6.07) is 16.9. The maximum Gasteiger partial charge on any atom is 0.315 e. The minimum Gasteiger partial charge on any atom is -0.494 e. The van der Waals surface area contributed by atoms with Gasteiger partial charge < -0.3 is 20.5 Å². The van der Waals surface area contributed by atoms with Crippen molar-refractivity contribution in [3.63, 3.8) is 0 Å². The highest BCUT2D eigenvalue weighted by molar-refractivity contribution is 5.74. The van der Waals surface area contributed by atoms with Gasteiger partial charge in [0.1, 0.15) is 5.75 Å².